The normalized spacial score (nSPS) is 10.6. The number of carbonyl (C=O) groups excluding carboxylic acids is 1. The molecule has 1 aromatic rings. The zero-order chi connectivity index (χ0) is 14.5. The van der Waals surface area contributed by atoms with E-state index in [-0.39, 0.29) is 12.5 Å². The van der Waals surface area contributed by atoms with E-state index in [0.29, 0.717) is 16.3 Å². The Bertz CT molecular complexity index is 527. The summed E-state index contributed by atoms with van der Waals surface area (Å²) in [5.74, 6) is 5.27. The molecule has 0 aromatic heterocycles. The molecule has 0 radical (unpaired) electrons. The highest BCUT2D eigenvalue weighted by Crippen LogP contribution is 2.25. The zero-order valence-corrected chi connectivity index (χ0v) is 12.1. The third-order valence-corrected chi connectivity index (χ3v) is 3.27. The zero-order valence-electron chi connectivity index (χ0n) is 11.4. The molecular formula is C15H18ClNO2. The molecule has 0 atom stereocenters. The fourth-order valence-electron chi connectivity index (χ4n) is 1.32. The maximum Gasteiger partial charge on any atom is 0.230 e. The van der Waals surface area contributed by atoms with Crippen LogP contribution in [0.2, 0.25) is 5.02 Å². The Hall–Kier alpha value is -1.50. The van der Waals surface area contributed by atoms with E-state index in [4.69, 9.17) is 16.7 Å². The highest BCUT2D eigenvalue weighted by molar-refractivity contribution is 6.31. The molecule has 0 aliphatic carbocycles. The Morgan fingerprint density at radius 3 is 2.74 bits per heavy atom. The Kier molecular flexibility index (Phi) is 5.41. The second kappa shape index (κ2) is 6.60. The van der Waals surface area contributed by atoms with Crippen molar-refractivity contribution < 1.29 is 9.90 Å². The lowest BCUT2D eigenvalue weighted by atomic mass is 9.89. The minimum atomic E-state index is -0.454. The van der Waals surface area contributed by atoms with E-state index in [9.17, 15) is 4.79 Å². The van der Waals surface area contributed by atoms with E-state index in [1.165, 1.54) is 0 Å². The van der Waals surface area contributed by atoms with E-state index in [1.807, 2.05) is 20.8 Å². The van der Waals surface area contributed by atoms with Gasteiger partial charge in [-0.3, -0.25) is 4.79 Å². The van der Waals surface area contributed by atoms with Gasteiger partial charge in [0.1, 0.15) is 6.61 Å². The maximum atomic E-state index is 12.2. The molecule has 0 aliphatic rings. The summed E-state index contributed by atoms with van der Waals surface area (Å²) < 4.78 is 0. The molecule has 1 rings (SSSR count). The molecule has 19 heavy (non-hydrogen) atoms. The Labute approximate surface area is 119 Å². The molecular weight excluding hydrogens is 262 g/mol. The second-order valence-corrected chi connectivity index (χ2v) is 5.28. The van der Waals surface area contributed by atoms with Crippen molar-refractivity contribution >= 4 is 23.2 Å². The summed E-state index contributed by atoms with van der Waals surface area (Å²) in [4.78, 5) is 12.2. The van der Waals surface area contributed by atoms with Gasteiger partial charge >= 0.3 is 0 Å². The first-order chi connectivity index (χ1) is 8.90. The predicted molar refractivity (Wildman–Crippen MR) is 78.1 cm³/mol. The van der Waals surface area contributed by atoms with Gasteiger partial charge in [0.25, 0.3) is 0 Å². The van der Waals surface area contributed by atoms with Gasteiger partial charge < -0.3 is 10.4 Å². The summed E-state index contributed by atoms with van der Waals surface area (Å²) in [6.07, 6.45) is 0.733. The highest BCUT2D eigenvalue weighted by atomic mass is 35.5. The topological polar surface area (TPSA) is 49.3 Å². The van der Waals surface area contributed by atoms with E-state index >= 15 is 0 Å². The molecule has 0 aliphatic heterocycles. The second-order valence-electron chi connectivity index (χ2n) is 4.84. The number of aliphatic hydroxyl groups is 1. The molecule has 3 nitrogen and oxygen atoms in total. The summed E-state index contributed by atoms with van der Waals surface area (Å²) in [5, 5.41) is 12.1. The lowest BCUT2D eigenvalue weighted by Gasteiger charge is -2.22. The van der Waals surface area contributed by atoms with Gasteiger partial charge in [0.2, 0.25) is 5.91 Å². The largest absolute Gasteiger partial charge is 0.384 e. The molecule has 0 heterocycles. The quantitative estimate of drug-likeness (QED) is 0.836. The molecule has 0 spiro atoms. The van der Waals surface area contributed by atoms with Crippen molar-refractivity contribution in [1.82, 2.24) is 0 Å². The van der Waals surface area contributed by atoms with Gasteiger partial charge in [0.05, 0.1) is 5.69 Å². The van der Waals surface area contributed by atoms with Crippen LogP contribution < -0.4 is 5.32 Å². The van der Waals surface area contributed by atoms with Gasteiger partial charge in [0, 0.05) is 16.0 Å². The standard InChI is InChI=1S/C15H18ClNO2/c1-4-15(2,3)14(19)17-13-10-12(16)8-7-11(13)6-5-9-18/h7-8,10,18H,4,9H2,1-3H3,(H,17,19). The summed E-state index contributed by atoms with van der Waals surface area (Å²) in [6.45, 7) is 5.50. The summed E-state index contributed by atoms with van der Waals surface area (Å²) in [5.41, 5.74) is 0.753. The van der Waals surface area contributed by atoms with Crippen molar-refractivity contribution in [3.05, 3.63) is 28.8 Å². The van der Waals surface area contributed by atoms with Crippen LogP contribution in [0.5, 0.6) is 0 Å². The van der Waals surface area contributed by atoms with E-state index in [0.717, 1.165) is 6.42 Å². The van der Waals surface area contributed by atoms with Crippen molar-refractivity contribution in [1.29, 1.82) is 0 Å². The molecule has 0 saturated heterocycles. The Morgan fingerprint density at radius 2 is 2.16 bits per heavy atom. The summed E-state index contributed by atoms with van der Waals surface area (Å²) in [7, 11) is 0. The van der Waals surface area contributed by atoms with Crippen LogP contribution in [0, 0.1) is 17.3 Å². The van der Waals surface area contributed by atoms with Gasteiger partial charge in [-0.2, -0.15) is 0 Å². The van der Waals surface area contributed by atoms with Crippen molar-refractivity contribution in [3.8, 4) is 11.8 Å². The third kappa shape index (κ3) is 4.27. The van der Waals surface area contributed by atoms with Crippen LogP contribution in [0.4, 0.5) is 5.69 Å². The van der Waals surface area contributed by atoms with Gasteiger partial charge in [-0.15, -0.1) is 0 Å². The van der Waals surface area contributed by atoms with E-state index in [1.54, 1.807) is 18.2 Å². The van der Waals surface area contributed by atoms with Crippen LogP contribution >= 0.6 is 11.6 Å². The van der Waals surface area contributed by atoms with Crippen LogP contribution in [0.1, 0.15) is 32.8 Å². The molecule has 0 unspecified atom stereocenters. The lowest BCUT2D eigenvalue weighted by Crippen LogP contribution is -2.30. The molecule has 102 valence electrons. The van der Waals surface area contributed by atoms with Crippen molar-refractivity contribution in [2.45, 2.75) is 27.2 Å². The van der Waals surface area contributed by atoms with Gasteiger partial charge in [-0.25, -0.2) is 0 Å². The molecule has 0 bridgehead atoms. The number of hydrogen-bond acceptors (Lipinski definition) is 2. The monoisotopic (exact) mass is 279 g/mol. The number of hydrogen-bond donors (Lipinski definition) is 2. The fourth-order valence-corrected chi connectivity index (χ4v) is 1.49. The minimum absolute atomic E-state index is 0.0793. The van der Waals surface area contributed by atoms with Gasteiger partial charge in [0.15, 0.2) is 0 Å². The fraction of sp³-hybridized carbons (Fsp3) is 0.400. The number of aliphatic hydroxyl groups excluding tert-OH is 1. The van der Waals surface area contributed by atoms with Crippen LogP contribution in [0.25, 0.3) is 0 Å². The van der Waals surface area contributed by atoms with Crippen molar-refractivity contribution in [2.24, 2.45) is 5.41 Å². The summed E-state index contributed by atoms with van der Waals surface area (Å²) in [6, 6.07) is 5.08. The van der Waals surface area contributed by atoms with Crippen LogP contribution in [-0.2, 0) is 4.79 Å². The first-order valence-electron chi connectivity index (χ1n) is 6.11. The van der Waals surface area contributed by atoms with Crippen LogP contribution in [0.3, 0.4) is 0 Å². The number of halogens is 1. The molecule has 2 N–H and O–H groups in total. The average Bonchev–Trinajstić information content (AvgIpc) is 2.37. The molecule has 4 heteroatoms. The molecule has 1 aromatic carbocycles. The number of amides is 1. The average molecular weight is 280 g/mol. The highest BCUT2D eigenvalue weighted by Gasteiger charge is 2.25. The van der Waals surface area contributed by atoms with Crippen molar-refractivity contribution in [3.63, 3.8) is 0 Å². The smallest absolute Gasteiger partial charge is 0.230 e. The first kappa shape index (κ1) is 15.6. The van der Waals surface area contributed by atoms with Crippen LogP contribution in [0.15, 0.2) is 18.2 Å². The Morgan fingerprint density at radius 1 is 1.47 bits per heavy atom. The number of carbonyl (C=O) groups is 1. The van der Waals surface area contributed by atoms with E-state index < -0.39 is 5.41 Å². The predicted octanol–water partition coefficient (Wildman–Crippen LogP) is 3.06. The third-order valence-electron chi connectivity index (χ3n) is 3.03. The van der Waals surface area contributed by atoms with Crippen LogP contribution in [-0.4, -0.2) is 17.6 Å². The van der Waals surface area contributed by atoms with Crippen molar-refractivity contribution in [2.75, 3.05) is 11.9 Å². The number of rotatable bonds is 3. The Balaban J connectivity index is 3.06. The lowest BCUT2D eigenvalue weighted by molar-refractivity contribution is -0.124. The number of nitrogens with one attached hydrogen (secondary N) is 1. The molecule has 0 saturated carbocycles. The van der Waals surface area contributed by atoms with E-state index in [2.05, 4.69) is 17.2 Å². The number of benzene rings is 1. The van der Waals surface area contributed by atoms with Gasteiger partial charge in [-0.05, 0) is 24.6 Å². The minimum Gasteiger partial charge on any atom is -0.384 e. The molecule has 1 amide bonds. The summed E-state index contributed by atoms with van der Waals surface area (Å²) >= 11 is 5.93. The maximum absolute atomic E-state index is 12.2. The molecule has 0 fully saturated rings. The number of anilines is 1. The SMILES string of the molecule is CCC(C)(C)C(=O)Nc1cc(Cl)ccc1C#CCO. The first-order valence-corrected chi connectivity index (χ1v) is 6.49. The van der Waals surface area contributed by atoms with Gasteiger partial charge in [-0.1, -0.05) is 44.2 Å².